The molecule has 6 heteroatoms. The van der Waals surface area contributed by atoms with Crippen molar-refractivity contribution in [1.82, 2.24) is 4.90 Å². The smallest absolute Gasteiger partial charge is 0.254 e. The number of amides is 2. The summed E-state index contributed by atoms with van der Waals surface area (Å²) in [5.74, 6) is -0.564. The summed E-state index contributed by atoms with van der Waals surface area (Å²) in [6, 6.07) is 18.9. The lowest BCUT2D eigenvalue weighted by molar-refractivity contribution is 0.0655. The minimum atomic E-state index is -0.594. The molecule has 0 aliphatic carbocycles. The zero-order valence-electron chi connectivity index (χ0n) is 19.7. The van der Waals surface area contributed by atoms with E-state index in [2.05, 4.69) is 0 Å². The van der Waals surface area contributed by atoms with Crippen molar-refractivity contribution in [2.75, 3.05) is 7.05 Å². The highest BCUT2D eigenvalue weighted by Crippen LogP contribution is 2.32. The molecule has 0 fully saturated rings. The zero-order chi connectivity index (χ0) is 24.6. The summed E-state index contributed by atoms with van der Waals surface area (Å²) in [4.78, 5) is 27.0. The topological polar surface area (TPSA) is 76.5 Å². The molecule has 1 aromatic heterocycles. The van der Waals surface area contributed by atoms with Crippen molar-refractivity contribution >= 4 is 22.8 Å². The maximum atomic E-state index is 13.3. The van der Waals surface area contributed by atoms with Crippen molar-refractivity contribution in [3.63, 3.8) is 0 Å². The number of furan rings is 1. The molecule has 174 valence electrons. The molecule has 4 rings (SSSR count). The summed E-state index contributed by atoms with van der Waals surface area (Å²) in [5, 5.41) is 0.602. The van der Waals surface area contributed by atoms with Crippen molar-refractivity contribution in [1.29, 1.82) is 0 Å². The first-order valence-electron chi connectivity index (χ1n) is 11.0. The molecular formula is C28H27FN2O3. The molecule has 0 atom stereocenters. The van der Waals surface area contributed by atoms with Gasteiger partial charge in [0.25, 0.3) is 11.8 Å². The molecule has 34 heavy (non-hydrogen) atoms. The molecule has 0 unspecified atom stereocenters. The molecule has 3 aromatic carbocycles. The number of carbonyl (C=O) groups is 2. The number of halogens is 1. The Kier molecular flexibility index (Phi) is 6.00. The second kappa shape index (κ2) is 8.78. The van der Waals surface area contributed by atoms with Crippen LogP contribution in [0.15, 0.2) is 71.1 Å². The predicted octanol–water partition coefficient (Wildman–Crippen LogP) is 5.80. The van der Waals surface area contributed by atoms with Crippen molar-refractivity contribution in [3.8, 4) is 11.1 Å². The lowest BCUT2D eigenvalue weighted by Crippen LogP contribution is -2.42. The molecule has 0 saturated heterocycles. The van der Waals surface area contributed by atoms with Crippen LogP contribution in [0.3, 0.4) is 0 Å². The third-order valence-corrected chi connectivity index (χ3v) is 6.04. The van der Waals surface area contributed by atoms with E-state index < -0.39 is 5.91 Å². The van der Waals surface area contributed by atoms with Gasteiger partial charge in [0, 0.05) is 30.0 Å². The fourth-order valence-electron chi connectivity index (χ4n) is 3.84. The second-order valence-electron chi connectivity index (χ2n) is 9.39. The molecule has 2 N–H and O–H groups in total. The first kappa shape index (κ1) is 23.2. The predicted molar refractivity (Wildman–Crippen MR) is 131 cm³/mol. The highest BCUT2D eigenvalue weighted by Gasteiger charge is 2.24. The lowest BCUT2D eigenvalue weighted by atomic mass is 9.98. The van der Waals surface area contributed by atoms with Gasteiger partial charge in [-0.2, -0.15) is 0 Å². The number of nitrogens with zero attached hydrogens (tertiary/aromatic N) is 1. The number of hydrogen-bond acceptors (Lipinski definition) is 3. The van der Waals surface area contributed by atoms with Crippen LogP contribution in [0.2, 0.25) is 0 Å². The van der Waals surface area contributed by atoms with Crippen LogP contribution in [-0.2, 0) is 6.42 Å². The Hall–Kier alpha value is -3.93. The normalized spacial score (nSPS) is 11.6. The van der Waals surface area contributed by atoms with Gasteiger partial charge >= 0.3 is 0 Å². The Bertz CT molecular complexity index is 1380. The summed E-state index contributed by atoms with van der Waals surface area (Å²) in [6.07, 6.45) is 0.311. The Morgan fingerprint density at radius 3 is 2.29 bits per heavy atom. The van der Waals surface area contributed by atoms with E-state index in [0.29, 0.717) is 34.3 Å². The summed E-state index contributed by atoms with van der Waals surface area (Å²) >= 11 is 0. The van der Waals surface area contributed by atoms with E-state index in [1.807, 2.05) is 51.1 Å². The second-order valence-corrected chi connectivity index (χ2v) is 9.39. The first-order valence-corrected chi connectivity index (χ1v) is 11.0. The Balaban J connectivity index is 1.74. The van der Waals surface area contributed by atoms with Gasteiger partial charge in [-0.05, 0) is 73.9 Å². The number of benzene rings is 3. The van der Waals surface area contributed by atoms with Gasteiger partial charge in [0.15, 0.2) is 0 Å². The fourth-order valence-corrected chi connectivity index (χ4v) is 3.84. The quantitative estimate of drug-likeness (QED) is 0.411. The van der Waals surface area contributed by atoms with Crippen molar-refractivity contribution in [3.05, 3.63) is 95.0 Å². The van der Waals surface area contributed by atoms with Gasteiger partial charge in [-0.1, -0.05) is 30.3 Å². The van der Waals surface area contributed by atoms with Gasteiger partial charge < -0.3 is 15.1 Å². The van der Waals surface area contributed by atoms with Crippen LogP contribution >= 0.6 is 0 Å². The third kappa shape index (κ3) is 4.57. The minimum Gasteiger partial charge on any atom is -0.460 e. The summed E-state index contributed by atoms with van der Waals surface area (Å²) in [7, 11) is 1.79. The van der Waals surface area contributed by atoms with Crippen molar-refractivity contribution < 1.29 is 18.4 Å². The average molecular weight is 459 g/mol. The summed E-state index contributed by atoms with van der Waals surface area (Å²) in [6.45, 7) is 5.95. The van der Waals surface area contributed by atoms with E-state index in [0.717, 1.165) is 16.7 Å². The van der Waals surface area contributed by atoms with Crippen molar-refractivity contribution in [2.24, 2.45) is 5.73 Å². The highest BCUT2D eigenvalue weighted by atomic mass is 19.1. The number of rotatable bonds is 5. The van der Waals surface area contributed by atoms with Gasteiger partial charge in [-0.15, -0.1) is 0 Å². The molecule has 5 nitrogen and oxygen atoms in total. The molecule has 0 bridgehead atoms. The number of primary amides is 1. The van der Waals surface area contributed by atoms with Crippen LogP contribution in [0.1, 0.15) is 52.8 Å². The molecular weight excluding hydrogens is 431 g/mol. The van der Waals surface area contributed by atoms with E-state index in [4.69, 9.17) is 10.2 Å². The lowest BCUT2D eigenvalue weighted by Gasteiger charge is -2.32. The minimum absolute atomic E-state index is 0.0712. The SMILES string of the molecule is CN(C(=O)c1cccc(-c2ccc3oc(Cc4ccc(F)cc4)c(C(N)=O)c3c2)c1)C(C)(C)C. The Morgan fingerprint density at radius 1 is 0.971 bits per heavy atom. The monoisotopic (exact) mass is 458 g/mol. The maximum absolute atomic E-state index is 13.3. The number of fused-ring (bicyclic) bond motifs is 1. The van der Waals surface area contributed by atoms with Crippen molar-refractivity contribution in [2.45, 2.75) is 32.7 Å². The molecule has 0 aliphatic rings. The number of hydrogen-bond donors (Lipinski definition) is 1. The van der Waals surface area contributed by atoms with E-state index in [-0.39, 0.29) is 17.3 Å². The van der Waals surface area contributed by atoms with Crippen LogP contribution < -0.4 is 5.73 Å². The van der Waals surface area contributed by atoms with Gasteiger partial charge in [-0.25, -0.2) is 4.39 Å². The molecule has 0 saturated carbocycles. The Morgan fingerprint density at radius 2 is 1.65 bits per heavy atom. The van der Waals surface area contributed by atoms with E-state index >= 15 is 0 Å². The summed E-state index contributed by atoms with van der Waals surface area (Å²) in [5.41, 5.74) is 9.31. The van der Waals surface area contributed by atoms with E-state index in [1.165, 1.54) is 12.1 Å². The third-order valence-electron chi connectivity index (χ3n) is 6.04. The number of nitrogens with two attached hydrogens (primary N) is 1. The average Bonchev–Trinajstić information content (AvgIpc) is 3.16. The van der Waals surface area contributed by atoms with Gasteiger partial charge in [0.05, 0.1) is 5.56 Å². The number of carbonyl (C=O) groups excluding carboxylic acids is 2. The van der Waals surface area contributed by atoms with Crippen LogP contribution in [0.5, 0.6) is 0 Å². The first-order chi connectivity index (χ1) is 16.0. The maximum Gasteiger partial charge on any atom is 0.254 e. The van der Waals surface area contributed by atoms with Gasteiger partial charge in [-0.3, -0.25) is 9.59 Å². The molecule has 0 aliphatic heterocycles. The van der Waals surface area contributed by atoms with Crippen LogP contribution in [-0.4, -0.2) is 29.3 Å². The van der Waals surface area contributed by atoms with Crippen LogP contribution in [0, 0.1) is 5.82 Å². The highest BCUT2D eigenvalue weighted by molar-refractivity contribution is 6.07. The molecule has 2 amide bonds. The molecule has 4 aromatic rings. The van der Waals surface area contributed by atoms with E-state index in [9.17, 15) is 14.0 Å². The standard InChI is InChI=1S/C28H27FN2O3/c1-28(2,3)31(4)27(33)20-7-5-6-18(15-20)19-10-13-23-22(16-19)25(26(30)32)24(34-23)14-17-8-11-21(29)12-9-17/h5-13,15-16H,14H2,1-4H3,(H2,30,32). The van der Waals surface area contributed by atoms with E-state index in [1.54, 1.807) is 36.2 Å². The molecule has 0 spiro atoms. The largest absolute Gasteiger partial charge is 0.460 e. The molecule has 0 radical (unpaired) electrons. The molecule has 1 heterocycles. The van der Waals surface area contributed by atoms with Gasteiger partial charge in [0.2, 0.25) is 0 Å². The fraction of sp³-hybridized carbons (Fsp3) is 0.214. The van der Waals surface area contributed by atoms with Crippen LogP contribution in [0.25, 0.3) is 22.1 Å². The summed E-state index contributed by atoms with van der Waals surface area (Å²) < 4.78 is 19.2. The zero-order valence-corrected chi connectivity index (χ0v) is 19.7. The van der Waals surface area contributed by atoms with Crippen LogP contribution in [0.4, 0.5) is 4.39 Å². The Labute approximate surface area is 198 Å². The van der Waals surface area contributed by atoms with Gasteiger partial charge in [0.1, 0.15) is 17.2 Å².